The van der Waals surface area contributed by atoms with Crippen LogP contribution < -0.4 is 5.32 Å². The first kappa shape index (κ1) is 16.8. The van der Waals surface area contributed by atoms with Crippen LogP contribution >= 0.6 is 0 Å². The summed E-state index contributed by atoms with van der Waals surface area (Å²) >= 11 is 0. The molecule has 2 saturated heterocycles. The summed E-state index contributed by atoms with van der Waals surface area (Å²) in [5, 5.41) is 2.65. The third kappa shape index (κ3) is 3.70. The molecule has 0 radical (unpaired) electrons. The molecule has 3 rings (SSSR count). The average molecular weight is 336 g/mol. The number of ether oxygens (including phenoxy) is 1. The molecule has 1 aromatic heterocycles. The molecule has 8 heteroatoms. The van der Waals surface area contributed by atoms with Crippen molar-refractivity contribution in [3.05, 3.63) is 29.8 Å². The summed E-state index contributed by atoms with van der Waals surface area (Å²) in [6.07, 6.45) is 3.17. The number of pyridine rings is 1. The maximum Gasteiger partial charge on any atom is 0.254 e. The standard InChI is InChI=1S/C16H21FN4O3/c17-13-11-18-3-1-12(13)15(22)19-4-6-21-5-2-14(16(21)23)20-7-9-24-10-8-20/h1,3,11,14H,2,4-10H2,(H,19,22). The Morgan fingerprint density at radius 2 is 2.17 bits per heavy atom. The van der Waals surface area contributed by atoms with Gasteiger partial charge in [0.05, 0.1) is 31.0 Å². The van der Waals surface area contributed by atoms with Gasteiger partial charge in [0.2, 0.25) is 5.91 Å². The van der Waals surface area contributed by atoms with Crippen LogP contribution in [0, 0.1) is 5.82 Å². The van der Waals surface area contributed by atoms with Gasteiger partial charge in [-0.15, -0.1) is 0 Å². The van der Waals surface area contributed by atoms with Crippen molar-refractivity contribution in [1.29, 1.82) is 0 Å². The summed E-state index contributed by atoms with van der Waals surface area (Å²) < 4.78 is 18.8. The van der Waals surface area contributed by atoms with Gasteiger partial charge in [-0.1, -0.05) is 0 Å². The fourth-order valence-electron chi connectivity index (χ4n) is 3.13. The van der Waals surface area contributed by atoms with Gasteiger partial charge < -0.3 is 15.0 Å². The van der Waals surface area contributed by atoms with Crippen molar-refractivity contribution in [1.82, 2.24) is 20.1 Å². The van der Waals surface area contributed by atoms with E-state index in [0.717, 1.165) is 25.7 Å². The second kappa shape index (κ2) is 7.67. The zero-order chi connectivity index (χ0) is 16.9. The van der Waals surface area contributed by atoms with E-state index in [1.807, 2.05) is 0 Å². The Bertz CT molecular complexity index is 607. The molecule has 2 aliphatic rings. The van der Waals surface area contributed by atoms with Gasteiger partial charge >= 0.3 is 0 Å². The highest BCUT2D eigenvalue weighted by Gasteiger charge is 2.36. The molecule has 3 heterocycles. The minimum Gasteiger partial charge on any atom is -0.379 e. The van der Waals surface area contributed by atoms with Crippen molar-refractivity contribution >= 4 is 11.8 Å². The van der Waals surface area contributed by atoms with Crippen LogP contribution in [0.4, 0.5) is 4.39 Å². The highest BCUT2D eigenvalue weighted by molar-refractivity contribution is 5.94. The van der Waals surface area contributed by atoms with Gasteiger partial charge in [0, 0.05) is 38.9 Å². The minimum atomic E-state index is -0.653. The number of nitrogens with zero attached hydrogens (tertiary/aromatic N) is 3. The highest BCUT2D eigenvalue weighted by atomic mass is 19.1. The molecule has 7 nitrogen and oxygen atoms in total. The smallest absolute Gasteiger partial charge is 0.254 e. The monoisotopic (exact) mass is 336 g/mol. The molecule has 0 aromatic carbocycles. The van der Waals surface area contributed by atoms with Crippen molar-refractivity contribution in [2.24, 2.45) is 0 Å². The number of carbonyl (C=O) groups is 2. The Balaban J connectivity index is 1.46. The van der Waals surface area contributed by atoms with E-state index in [-0.39, 0.29) is 17.5 Å². The van der Waals surface area contributed by atoms with Crippen molar-refractivity contribution in [2.75, 3.05) is 45.9 Å². The van der Waals surface area contributed by atoms with Crippen LogP contribution in [0.5, 0.6) is 0 Å². The second-order valence-corrected chi connectivity index (χ2v) is 5.89. The molecule has 1 N–H and O–H groups in total. The lowest BCUT2D eigenvalue weighted by molar-refractivity contribution is -0.133. The van der Waals surface area contributed by atoms with Crippen LogP contribution in [0.15, 0.2) is 18.5 Å². The zero-order valence-corrected chi connectivity index (χ0v) is 13.4. The summed E-state index contributed by atoms with van der Waals surface area (Å²) in [6, 6.07) is 1.25. The molecule has 2 fully saturated rings. The van der Waals surface area contributed by atoms with E-state index in [4.69, 9.17) is 4.74 Å². The average Bonchev–Trinajstić information content (AvgIpc) is 2.97. The summed E-state index contributed by atoms with van der Waals surface area (Å²) in [4.78, 5) is 31.9. The number of rotatable bonds is 5. The van der Waals surface area contributed by atoms with Crippen LogP contribution in [0.1, 0.15) is 16.8 Å². The number of carbonyl (C=O) groups excluding carboxylic acids is 2. The van der Waals surface area contributed by atoms with E-state index in [1.165, 1.54) is 12.3 Å². The largest absolute Gasteiger partial charge is 0.379 e. The van der Waals surface area contributed by atoms with Gasteiger partial charge in [-0.2, -0.15) is 0 Å². The molecule has 0 saturated carbocycles. The number of halogens is 1. The Hall–Kier alpha value is -2.06. The third-order valence-electron chi connectivity index (χ3n) is 4.44. The van der Waals surface area contributed by atoms with Crippen molar-refractivity contribution in [3.63, 3.8) is 0 Å². The van der Waals surface area contributed by atoms with E-state index in [0.29, 0.717) is 32.8 Å². The Kier molecular flexibility index (Phi) is 5.37. The first-order valence-corrected chi connectivity index (χ1v) is 8.15. The van der Waals surface area contributed by atoms with Crippen LogP contribution in [0.3, 0.4) is 0 Å². The fraction of sp³-hybridized carbons (Fsp3) is 0.562. The lowest BCUT2D eigenvalue weighted by atomic mass is 10.2. The van der Waals surface area contributed by atoms with Gasteiger partial charge in [-0.05, 0) is 12.5 Å². The number of aromatic nitrogens is 1. The van der Waals surface area contributed by atoms with Gasteiger partial charge in [0.1, 0.15) is 0 Å². The van der Waals surface area contributed by atoms with Gasteiger partial charge in [0.25, 0.3) is 5.91 Å². The molecule has 24 heavy (non-hydrogen) atoms. The molecular weight excluding hydrogens is 315 g/mol. The Morgan fingerprint density at radius 3 is 2.92 bits per heavy atom. The number of nitrogens with one attached hydrogen (secondary N) is 1. The van der Waals surface area contributed by atoms with Gasteiger partial charge in [-0.25, -0.2) is 4.39 Å². The molecule has 130 valence electrons. The summed E-state index contributed by atoms with van der Waals surface area (Å²) in [6.45, 7) is 4.29. The molecular formula is C16H21FN4O3. The predicted molar refractivity (Wildman–Crippen MR) is 83.9 cm³/mol. The quantitative estimate of drug-likeness (QED) is 0.812. The second-order valence-electron chi connectivity index (χ2n) is 5.89. The van der Waals surface area contributed by atoms with Crippen LogP contribution in [-0.2, 0) is 9.53 Å². The molecule has 1 atom stereocenters. The zero-order valence-electron chi connectivity index (χ0n) is 13.4. The van der Waals surface area contributed by atoms with E-state index in [9.17, 15) is 14.0 Å². The Labute approximate surface area is 139 Å². The van der Waals surface area contributed by atoms with Gasteiger partial charge in [0.15, 0.2) is 5.82 Å². The highest BCUT2D eigenvalue weighted by Crippen LogP contribution is 2.18. The van der Waals surface area contributed by atoms with Crippen molar-refractivity contribution < 1.29 is 18.7 Å². The predicted octanol–water partition coefficient (Wildman–Crippen LogP) is -0.116. The number of amides is 2. The number of likely N-dealkylation sites (tertiary alicyclic amines) is 1. The molecule has 0 aliphatic carbocycles. The lowest BCUT2D eigenvalue weighted by Gasteiger charge is -2.31. The fourth-order valence-corrected chi connectivity index (χ4v) is 3.13. The van der Waals surface area contributed by atoms with Crippen molar-refractivity contribution in [2.45, 2.75) is 12.5 Å². The number of hydrogen-bond acceptors (Lipinski definition) is 5. The van der Waals surface area contributed by atoms with Crippen LogP contribution in [0.25, 0.3) is 0 Å². The summed E-state index contributed by atoms with van der Waals surface area (Å²) in [5.41, 5.74) is -0.0380. The van der Waals surface area contributed by atoms with E-state index < -0.39 is 11.7 Å². The summed E-state index contributed by atoms with van der Waals surface area (Å²) in [5.74, 6) is -1.05. The lowest BCUT2D eigenvalue weighted by Crippen LogP contribution is -2.48. The van der Waals surface area contributed by atoms with Crippen molar-refractivity contribution in [3.8, 4) is 0 Å². The van der Waals surface area contributed by atoms with Gasteiger partial charge in [-0.3, -0.25) is 19.5 Å². The first-order chi connectivity index (χ1) is 11.7. The van der Waals surface area contributed by atoms with E-state index in [2.05, 4.69) is 15.2 Å². The molecule has 0 spiro atoms. The van der Waals surface area contributed by atoms with Crippen LogP contribution in [0.2, 0.25) is 0 Å². The number of morpholine rings is 1. The maximum absolute atomic E-state index is 13.5. The molecule has 2 aliphatic heterocycles. The van der Waals surface area contributed by atoms with E-state index in [1.54, 1.807) is 4.90 Å². The third-order valence-corrected chi connectivity index (χ3v) is 4.44. The maximum atomic E-state index is 13.5. The molecule has 1 aromatic rings. The van der Waals surface area contributed by atoms with Crippen LogP contribution in [-0.4, -0.2) is 78.6 Å². The first-order valence-electron chi connectivity index (χ1n) is 8.15. The molecule has 1 unspecified atom stereocenters. The minimum absolute atomic E-state index is 0.0380. The summed E-state index contributed by atoms with van der Waals surface area (Å²) in [7, 11) is 0. The number of hydrogen-bond donors (Lipinski definition) is 1. The SMILES string of the molecule is O=C(NCCN1CCC(N2CCOCC2)C1=O)c1ccncc1F. The topological polar surface area (TPSA) is 74.8 Å². The Morgan fingerprint density at radius 1 is 1.38 bits per heavy atom. The molecule has 2 amide bonds. The normalized spacial score (nSPS) is 22.0. The van der Waals surface area contributed by atoms with E-state index >= 15 is 0 Å². The molecule has 0 bridgehead atoms.